The Morgan fingerprint density at radius 2 is 1.50 bits per heavy atom. The van der Waals surface area contributed by atoms with Gasteiger partial charge in [-0.1, -0.05) is 68.8 Å². The first-order chi connectivity index (χ1) is 11.1. The molecule has 3 nitrogen and oxygen atoms in total. The summed E-state index contributed by atoms with van der Waals surface area (Å²) in [5.41, 5.74) is 11.0. The van der Waals surface area contributed by atoms with Crippen molar-refractivity contribution in [2.24, 2.45) is 11.7 Å². The molecule has 2 atom stereocenters. The van der Waals surface area contributed by atoms with Gasteiger partial charge in [-0.2, -0.15) is 0 Å². The first-order valence-corrected chi connectivity index (χ1v) is 8.32. The van der Waals surface area contributed by atoms with Crippen LogP contribution in [-0.2, 0) is 17.9 Å². The molecule has 1 aliphatic heterocycles. The van der Waals surface area contributed by atoms with E-state index < -0.39 is 6.04 Å². The summed E-state index contributed by atoms with van der Waals surface area (Å²) >= 11 is 0. The zero-order valence-electron chi connectivity index (χ0n) is 14.2. The second-order valence-electron chi connectivity index (χ2n) is 6.42. The van der Waals surface area contributed by atoms with Crippen LogP contribution < -0.4 is 5.73 Å². The van der Waals surface area contributed by atoms with Crippen LogP contribution in [0.1, 0.15) is 31.4 Å². The molecule has 0 saturated carbocycles. The minimum Gasteiger partial charge on any atom is -0.333 e. The van der Waals surface area contributed by atoms with Gasteiger partial charge in [-0.15, -0.1) is 12.4 Å². The molecule has 1 heterocycles. The van der Waals surface area contributed by atoms with E-state index in [1.807, 2.05) is 24.0 Å². The van der Waals surface area contributed by atoms with E-state index in [0.717, 1.165) is 6.42 Å². The van der Waals surface area contributed by atoms with Gasteiger partial charge in [0, 0.05) is 13.1 Å². The monoisotopic (exact) mass is 344 g/mol. The van der Waals surface area contributed by atoms with Crippen molar-refractivity contribution in [1.29, 1.82) is 0 Å². The van der Waals surface area contributed by atoms with E-state index in [9.17, 15) is 4.79 Å². The molecule has 0 aromatic heterocycles. The van der Waals surface area contributed by atoms with Crippen LogP contribution in [0.3, 0.4) is 0 Å². The minimum absolute atomic E-state index is 0. The van der Waals surface area contributed by atoms with Crippen molar-refractivity contribution in [1.82, 2.24) is 4.90 Å². The molecule has 2 aromatic rings. The number of nitrogens with zero attached hydrogens (tertiary/aromatic N) is 1. The van der Waals surface area contributed by atoms with Gasteiger partial charge >= 0.3 is 0 Å². The molecule has 1 amide bonds. The number of benzene rings is 2. The maximum Gasteiger partial charge on any atom is 0.240 e. The summed E-state index contributed by atoms with van der Waals surface area (Å²) in [5, 5.41) is 0. The van der Waals surface area contributed by atoms with Crippen molar-refractivity contribution in [3.8, 4) is 11.1 Å². The molecule has 3 rings (SSSR count). The topological polar surface area (TPSA) is 46.3 Å². The average Bonchev–Trinajstić information content (AvgIpc) is 2.76. The smallest absolute Gasteiger partial charge is 0.240 e. The largest absolute Gasteiger partial charge is 0.333 e. The van der Waals surface area contributed by atoms with Crippen LogP contribution in [0.25, 0.3) is 11.1 Å². The molecule has 4 heteroatoms. The molecule has 24 heavy (non-hydrogen) atoms. The molecule has 2 N–H and O–H groups in total. The summed E-state index contributed by atoms with van der Waals surface area (Å²) < 4.78 is 0. The number of hydrogen-bond acceptors (Lipinski definition) is 2. The number of rotatable bonds is 3. The Labute approximate surface area is 150 Å². The Kier molecular flexibility index (Phi) is 6.03. The van der Waals surface area contributed by atoms with E-state index in [2.05, 4.69) is 43.3 Å². The summed E-state index contributed by atoms with van der Waals surface area (Å²) in [7, 11) is 0. The van der Waals surface area contributed by atoms with Gasteiger partial charge in [-0.25, -0.2) is 0 Å². The summed E-state index contributed by atoms with van der Waals surface area (Å²) in [4.78, 5) is 14.8. The highest BCUT2D eigenvalue weighted by Crippen LogP contribution is 2.32. The molecule has 0 aliphatic carbocycles. The second kappa shape index (κ2) is 7.82. The van der Waals surface area contributed by atoms with Crippen molar-refractivity contribution < 1.29 is 4.79 Å². The van der Waals surface area contributed by atoms with E-state index in [1.165, 1.54) is 22.3 Å². The van der Waals surface area contributed by atoms with Crippen molar-refractivity contribution in [2.45, 2.75) is 39.4 Å². The Bertz CT molecular complexity index is 669. The normalized spacial score (nSPS) is 15.4. The highest BCUT2D eigenvalue weighted by molar-refractivity contribution is 5.85. The van der Waals surface area contributed by atoms with Gasteiger partial charge in [0.05, 0.1) is 6.04 Å². The quantitative estimate of drug-likeness (QED) is 0.915. The lowest BCUT2D eigenvalue weighted by atomic mass is 9.97. The highest BCUT2D eigenvalue weighted by atomic mass is 35.5. The SMILES string of the molecule is CCC(C)C(N)C(=O)N1Cc2ccccc2-c2ccccc2C1.Cl. The Morgan fingerprint density at radius 1 is 1.04 bits per heavy atom. The van der Waals surface area contributed by atoms with Gasteiger partial charge < -0.3 is 10.6 Å². The molecule has 1 aliphatic rings. The third kappa shape index (κ3) is 3.47. The summed E-state index contributed by atoms with van der Waals surface area (Å²) in [6.07, 6.45) is 0.911. The van der Waals surface area contributed by atoms with E-state index >= 15 is 0 Å². The number of carbonyl (C=O) groups is 1. The fourth-order valence-electron chi connectivity index (χ4n) is 3.17. The maximum atomic E-state index is 12.9. The van der Waals surface area contributed by atoms with Crippen LogP contribution in [-0.4, -0.2) is 16.8 Å². The highest BCUT2D eigenvalue weighted by Gasteiger charge is 2.28. The second-order valence-corrected chi connectivity index (χ2v) is 6.42. The fraction of sp³-hybridized carbons (Fsp3) is 0.350. The zero-order valence-corrected chi connectivity index (χ0v) is 15.1. The first kappa shape index (κ1) is 18.5. The number of carbonyl (C=O) groups excluding carboxylic acids is 1. The van der Waals surface area contributed by atoms with Crippen molar-refractivity contribution in [3.63, 3.8) is 0 Å². The van der Waals surface area contributed by atoms with E-state index in [4.69, 9.17) is 5.73 Å². The van der Waals surface area contributed by atoms with Gasteiger partial charge in [0.1, 0.15) is 0 Å². The van der Waals surface area contributed by atoms with Crippen LogP contribution in [0.5, 0.6) is 0 Å². The van der Waals surface area contributed by atoms with Gasteiger partial charge in [0.25, 0.3) is 0 Å². The van der Waals surface area contributed by atoms with Crippen LogP contribution >= 0.6 is 12.4 Å². The number of amides is 1. The predicted molar refractivity (Wildman–Crippen MR) is 101 cm³/mol. The van der Waals surface area contributed by atoms with E-state index in [0.29, 0.717) is 13.1 Å². The predicted octanol–water partition coefficient (Wildman–Crippen LogP) is 3.99. The molecule has 0 saturated heterocycles. The van der Waals surface area contributed by atoms with Crippen molar-refractivity contribution >= 4 is 18.3 Å². The first-order valence-electron chi connectivity index (χ1n) is 8.32. The molecular formula is C20H25ClN2O. The van der Waals surface area contributed by atoms with E-state index in [-0.39, 0.29) is 24.2 Å². The Balaban J connectivity index is 0.00000208. The molecular weight excluding hydrogens is 320 g/mol. The lowest BCUT2D eigenvalue weighted by molar-refractivity contribution is -0.135. The molecule has 0 fully saturated rings. The maximum absolute atomic E-state index is 12.9. The summed E-state index contributed by atoms with van der Waals surface area (Å²) in [6.45, 7) is 5.36. The third-order valence-corrected chi connectivity index (χ3v) is 4.90. The van der Waals surface area contributed by atoms with Gasteiger partial charge in [-0.05, 0) is 28.2 Å². The molecule has 2 unspecified atom stereocenters. The average molecular weight is 345 g/mol. The zero-order chi connectivity index (χ0) is 16.4. The number of halogens is 1. The minimum atomic E-state index is -0.433. The Hall–Kier alpha value is -1.84. The standard InChI is InChI=1S/C20H24N2O.ClH/c1-3-14(2)19(21)20(23)22-12-15-8-4-6-10-17(15)18-11-7-5-9-16(18)13-22;/h4-11,14,19H,3,12-13,21H2,1-2H3;1H. The lowest BCUT2D eigenvalue weighted by Crippen LogP contribution is -2.46. The fourth-order valence-corrected chi connectivity index (χ4v) is 3.17. The molecule has 128 valence electrons. The summed E-state index contributed by atoms with van der Waals surface area (Å²) in [6, 6.07) is 16.2. The number of fused-ring (bicyclic) bond motifs is 3. The van der Waals surface area contributed by atoms with E-state index in [1.54, 1.807) is 0 Å². The molecule has 2 aromatic carbocycles. The molecule has 0 radical (unpaired) electrons. The number of nitrogens with two attached hydrogens (primary N) is 1. The van der Waals surface area contributed by atoms with Crippen LogP contribution in [0.2, 0.25) is 0 Å². The van der Waals surface area contributed by atoms with Crippen LogP contribution in [0, 0.1) is 5.92 Å². The number of hydrogen-bond donors (Lipinski definition) is 1. The van der Waals surface area contributed by atoms with Crippen LogP contribution in [0.15, 0.2) is 48.5 Å². The lowest BCUT2D eigenvalue weighted by Gasteiger charge is -2.27. The molecule has 0 spiro atoms. The Morgan fingerprint density at radius 3 is 1.96 bits per heavy atom. The van der Waals surface area contributed by atoms with Gasteiger partial charge in [-0.3, -0.25) is 4.79 Å². The third-order valence-electron chi connectivity index (χ3n) is 4.90. The molecule has 0 bridgehead atoms. The van der Waals surface area contributed by atoms with Crippen molar-refractivity contribution in [2.75, 3.05) is 0 Å². The van der Waals surface area contributed by atoms with Gasteiger partial charge in [0.15, 0.2) is 0 Å². The van der Waals surface area contributed by atoms with Gasteiger partial charge in [0.2, 0.25) is 5.91 Å². The van der Waals surface area contributed by atoms with Crippen LogP contribution in [0.4, 0.5) is 0 Å². The van der Waals surface area contributed by atoms with Crippen molar-refractivity contribution in [3.05, 3.63) is 59.7 Å². The summed E-state index contributed by atoms with van der Waals surface area (Å²) in [5.74, 6) is 0.238.